The Morgan fingerprint density at radius 3 is 2.70 bits per heavy atom. The number of methoxy groups -OCH3 is 1. The second kappa shape index (κ2) is 6.47. The second-order valence-electron chi connectivity index (χ2n) is 4.92. The van der Waals surface area contributed by atoms with Crippen molar-refractivity contribution >= 4 is 17.1 Å². The Morgan fingerprint density at radius 2 is 1.91 bits per heavy atom. The van der Waals surface area contributed by atoms with Crippen LogP contribution in [-0.4, -0.2) is 12.9 Å². The zero-order valence-corrected chi connectivity index (χ0v) is 13.3. The van der Waals surface area contributed by atoms with E-state index in [-0.39, 0.29) is 5.78 Å². The lowest BCUT2D eigenvalue weighted by atomic mass is 10.1. The summed E-state index contributed by atoms with van der Waals surface area (Å²) in [5, 5.41) is 8.99. The van der Waals surface area contributed by atoms with E-state index in [9.17, 15) is 4.79 Å². The Kier molecular flexibility index (Phi) is 4.22. The van der Waals surface area contributed by atoms with E-state index in [1.165, 1.54) is 11.3 Å². The van der Waals surface area contributed by atoms with Gasteiger partial charge in [0.1, 0.15) is 5.75 Å². The molecule has 0 saturated carbocycles. The number of nitriles is 1. The standard InChI is InChI=1S/C19H13NO2S/c1-22-16-7-3-6-15(11-16)19(21)18-9-8-17(23-18)14-5-2-4-13(10-14)12-20/h2-11H,1H3. The van der Waals surface area contributed by atoms with Crippen LogP contribution in [0.3, 0.4) is 0 Å². The van der Waals surface area contributed by atoms with Crippen LogP contribution in [-0.2, 0) is 0 Å². The summed E-state index contributed by atoms with van der Waals surface area (Å²) < 4.78 is 5.16. The van der Waals surface area contributed by atoms with E-state index in [0.717, 1.165) is 10.4 Å². The fourth-order valence-corrected chi connectivity index (χ4v) is 3.23. The zero-order valence-electron chi connectivity index (χ0n) is 12.4. The predicted molar refractivity (Wildman–Crippen MR) is 90.9 cm³/mol. The van der Waals surface area contributed by atoms with Crippen molar-refractivity contribution < 1.29 is 9.53 Å². The number of hydrogen-bond donors (Lipinski definition) is 0. The highest BCUT2D eigenvalue weighted by molar-refractivity contribution is 7.17. The zero-order chi connectivity index (χ0) is 16.2. The first kappa shape index (κ1) is 15.0. The number of carbonyl (C=O) groups is 1. The third kappa shape index (κ3) is 3.15. The van der Waals surface area contributed by atoms with Crippen molar-refractivity contribution in [2.24, 2.45) is 0 Å². The molecule has 4 heteroatoms. The Hall–Kier alpha value is -2.90. The SMILES string of the molecule is COc1cccc(C(=O)c2ccc(-c3cccc(C#N)c3)s2)c1. The van der Waals surface area contributed by atoms with Crippen molar-refractivity contribution in [2.45, 2.75) is 0 Å². The molecule has 0 unspecified atom stereocenters. The van der Waals surface area contributed by atoms with E-state index in [1.54, 1.807) is 31.4 Å². The summed E-state index contributed by atoms with van der Waals surface area (Å²) in [5.74, 6) is 0.630. The number of benzene rings is 2. The van der Waals surface area contributed by atoms with Crippen molar-refractivity contribution in [2.75, 3.05) is 7.11 Å². The van der Waals surface area contributed by atoms with Gasteiger partial charge in [-0.05, 0) is 42.0 Å². The normalized spacial score (nSPS) is 10.1. The minimum absolute atomic E-state index is 0.0309. The summed E-state index contributed by atoms with van der Waals surface area (Å²) in [5.41, 5.74) is 2.15. The Balaban J connectivity index is 1.92. The van der Waals surface area contributed by atoms with E-state index < -0.39 is 0 Å². The number of ketones is 1. The fourth-order valence-electron chi connectivity index (χ4n) is 2.26. The van der Waals surface area contributed by atoms with Gasteiger partial charge in [0.05, 0.1) is 23.6 Å². The molecule has 0 aliphatic rings. The molecule has 1 heterocycles. The molecule has 0 saturated heterocycles. The van der Waals surface area contributed by atoms with E-state index in [0.29, 0.717) is 21.8 Å². The monoisotopic (exact) mass is 319 g/mol. The summed E-state index contributed by atoms with van der Waals surface area (Å²) in [7, 11) is 1.58. The molecule has 3 aromatic rings. The van der Waals surface area contributed by atoms with Crippen molar-refractivity contribution in [3.63, 3.8) is 0 Å². The molecule has 0 spiro atoms. The number of rotatable bonds is 4. The van der Waals surface area contributed by atoms with Gasteiger partial charge >= 0.3 is 0 Å². The lowest BCUT2D eigenvalue weighted by molar-refractivity contribution is 0.104. The predicted octanol–water partition coefficient (Wildman–Crippen LogP) is 4.53. The van der Waals surface area contributed by atoms with Crippen LogP contribution in [0, 0.1) is 11.3 Å². The molecule has 3 rings (SSSR count). The Labute approximate surface area is 138 Å². The average Bonchev–Trinajstić information content (AvgIpc) is 3.11. The van der Waals surface area contributed by atoms with E-state index in [1.807, 2.05) is 36.4 Å². The molecule has 0 N–H and O–H groups in total. The summed E-state index contributed by atoms with van der Waals surface area (Å²) in [4.78, 5) is 14.2. The minimum Gasteiger partial charge on any atom is -0.497 e. The number of carbonyl (C=O) groups excluding carboxylic acids is 1. The van der Waals surface area contributed by atoms with E-state index in [4.69, 9.17) is 10.00 Å². The molecular weight excluding hydrogens is 306 g/mol. The van der Waals surface area contributed by atoms with E-state index in [2.05, 4.69) is 6.07 Å². The van der Waals surface area contributed by atoms with Gasteiger partial charge in [-0.25, -0.2) is 0 Å². The van der Waals surface area contributed by atoms with Crippen LogP contribution >= 0.6 is 11.3 Å². The summed E-state index contributed by atoms with van der Waals surface area (Å²) in [6, 6.07) is 20.4. The molecule has 3 nitrogen and oxygen atoms in total. The molecular formula is C19H13NO2S. The van der Waals surface area contributed by atoms with Gasteiger partial charge in [-0.3, -0.25) is 4.79 Å². The molecule has 0 radical (unpaired) electrons. The topological polar surface area (TPSA) is 50.1 Å². The van der Waals surface area contributed by atoms with Gasteiger partial charge < -0.3 is 4.74 Å². The number of thiophene rings is 1. The first-order valence-corrected chi connectivity index (χ1v) is 7.82. The van der Waals surface area contributed by atoms with Crippen molar-refractivity contribution in [1.82, 2.24) is 0 Å². The molecule has 2 aromatic carbocycles. The first-order chi connectivity index (χ1) is 11.2. The highest BCUT2D eigenvalue weighted by Gasteiger charge is 2.13. The van der Waals surface area contributed by atoms with Gasteiger partial charge in [0.25, 0.3) is 0 Å². The van der Waals surface area contributed by atoms with Crippen LogP contribution in [0.15, 0.2) is 60.7 Å². The van der Waals surface area contributed by atoms with Crippen LogP contribution in [0.1, 0.15) is 20.8 Å². The highest BCUT2D eigenvalue weighted by Crippen LogP contribution is 2.30. The van der Waals surface area contributed by atoms with Crippen LogP contribution in [0.5, 0.6) is 5.75 Å². The highest BCUT2D eigenvalue weighted by atomic mass is 32.1. The van der Waals surface area contributed by atoms with Crippen LogP contribution in [0.25, 0.3) is 10.4 Å². The van der Waals surface area contributed by atoms with Crippen LogP contribution in [0.4, 0.5) is 0 Å². The summed E-state index contributed by atoms with van der Waals surface area (Å²) in [6.07, 6.45) is 0. The maximum absolute atomic E-state index is 12.6. The van der Waals surface area contributed by atoms with Gasteiger partial charge in [0.2, 0.25) is 5.78 Å². The van der Waals surface area contributed by atoms with Gasteiger partial charge in [-0.2, -0.15) is 5.26 Å². The summed E-state index contributed by atoms with van der Waals surface area (Å²) in [6.45, 7) is 0. The minimum atomic E-state index is -0.0309. The van der Waals surface area contributed by atoms with E-state index >= 15 is 0 Å². The number of nitrogens with zero attached hydrogens (tertiary/aromatic N) is 1. The molecule has 0 aliphatic carbocycles. The Bertz CT molecular complexity index is 905. The van der Waals surface area contributed by atoms with Gasteiger partial charge in [-0.1, -0.05) is 24.3 Å². The third-order valence-corrected chi connectivity index (χ3v) is 4.57. The largest absolute Gasteiger partial charge is 0.497 e. The fraction of sp³-hybridized carbons (Fsp3) is 0.0526. The number of hydrogen-bond acceptors (Lipinski definition) is 4. The summed E-state index contributed by atoms with van der Waals surface area (Å²) >= 11 is 1.42. The maximum Gasteiger partial charge on any atom is 0.203 e. The lowest BCUT2D eigenvalue weighted by Crippen LogP contribution is -1.98. The molecule has 1 aromatic heterocycles. The number of ether oxygens (including phenoxy) is 1. The molecule has 23 heavy (non-hydrogen) atoms. The lowest BCUT2D eigenvalue weighted by Gasteiger charge is -2.02. The van der Waals surface area contributed by atoms with Crippen LogP contribution in [0.2, 0.25) is 0 Å². The molecule has 0 amide bonds. The van der Waals surface area contributed by atoms with Crippen molar-refractivity contribution in [3.8, 4) is 22.3 Å². The maximum atomic E-state index is 12.6. The average molecular weight is 319 g/mol. The molecule has 0 atom stereocenters. The van der Waals surface area contributed by atoms with Gasteiger partial charge in [-0.15, -0.1) is 11.3 Å². The Morgan fingerprint density at radius 1 is 1.09 bits per heavy atom. The van der Waals surface area contributed by atoms with Crippen LogP contribution < -0.4 is 4.74 Å². The molecule has 0 bridgehead atoms. The molecule has 0 fully saturated rings. The molecule has 112 valence electrons. The van der Waals surface area contributed by atoms with Gasteiger partial charge in [0, 0.05) is 10.4 Å². The van der Waals surface area contributed by atoms with Crippen molar-refractivity contribution in [1.29, 1.82) is 5.26 Å². The van der Waals surface area contributed by atoms with Crippen molar-refractivity contribution in [3.05, 3.63) is 76.7 Å². The molecule has 0 aliphatic heterocycles. The quantitative estimate of drug-likeness (QED) is 0.664. The smallest absolute Gasteiger partial charge is 0.203 e. The van der Waals surface area contributed by atoms with Gasteiger partial charge in [0.15, 0.2) is 0 Å². The first-order valence-electron chi connectivity index (χ1n) is 7.00. The second-order valence-corrected chi connectivity index (χ2v) is 6.00. The third-order valence-electron chi connectivity index (χ3n) is 3.44.